The number of Topliss-reactive ketones (excluding diaryl/α,β-unsaturated/α-hetero) is 1. The standard InChI is InChI=1S/C13H23NO5/c1-12(2,3)19-11(17)14-13(4,5)8-9(15)7-10(16)18-6/h7-8H2,1-6H3,(H,14,17). The van der Waals surface area contributed by atoms with E-state index in [0.29, 0.717) is 0 Å². The molecule has 6 nitrogen and oxygen atoms in total. The van der Waals surface area contributed by atoms with Gasteiger partial charge in [0, 0.05) is 12.0 Å². The minimum atomic E-state index is -0.784. The Balaban J connectivity index is 4.35. The number of hydrogen-bond acceptors (Lipinski definition) is 5. The first-order chi connectivity index (χ1) is 8.45. The van der Waals surface area contributed by atoms with E-state index in [-0.39, 0.29) is 18.6 Å². The van der Waals surface area contributed by atoms with E-state index >= 15 is 0 Å². The Morgan fingerprint density at radius 2 is 1.58 bits per heavy atom. The van der Waals surface area contributed by atoms with E-state index in [1.807, 2.05) is 0 Å². The molecular weight excluding hydrogens is 250 g/mol. The predicted molar refractivity (Wildman–Crippen MR) is 69.7 cm³/mol. The second-order valence-electron chi connectivity index (χ2n) is 5.98. The van der Waals surface area contributed by atoms with Crippen LogP contribution in [-0.2, 0) is 19.1 Å². The van der Waals surface area contributed by atoms with Crippen LogP contribution >= 0.6 is 0 Å². The Bertz CT molecular complexity index is 355. The summed E-state index contributed by atoms with van der Waals surface area (Å²) in [5.41, 5.74) is -1.39. The van der Waals surface area contributed by atoms with Crippen molar-refractivity contribution in [1.82, 2.24) is 5.32 Å². The molecule has 0 spiro atoms. The third-order valence-corrected chi connectivity index (χ3v) is 2.05. The number of esters is 1. The molecule has 0 bridgehead atoms. The second kappa shape index (κ2) is 6.54. The summed E-state index contributed by atoms with van der Waals surface area (Å²) in [6.07, 6.45) is -0.861. The molecule has 19 heavy (non-hydrogen) atoms. The van der Waals surface area contributed by atoms with Crippen molar-refractivity contribution in [2.24, 2.45) is 0 Å². The zero-order chi connectivity index (χ0) is 15.3. The molecule has 0 saturated heterocycles. The molecule has 0 aromatic rings. The molecule has 0 rings (SSSR count). The first-order valence-corrected chi connectivity index (χ1v) is 6.05. The summed E-state index contributed by atoms with van der Waals surface area (Å²) in [5.74, 6) is -0.883. The number of methoxy groups -OCH3 is 1. The average molecular weight is 273 g/mol. The Labute approximate surface area is 113 Å². The van der Waals surface area contributed by atoms with Gasteiger partial charge in [-0.05, 0) is 34.6 Å². The molecule has 1 amide bonds. The molecule has 110 valence electrons. The van der Waals surface area contributed by atoms with Gasteiger partial charge in [-0.3, -0.25) is 9.59 Å². The molecule has 0 aliphatic heterocycles. The van der Waals surface area contributed by atoms with Gasteiger partial charge in [0.1, 0.15) is 17.8 Å². The molecule has 0 aromatic carbocycles. The second-order valence-corrected chi connectivity index (χ2v) is 5.98. The van der Waals surface area contributed by atoms with Gasteiger partial charge in [0.05, 0.1) is 7.11 Å². The molecule has 0 radical (unpaired) electrons. The van der Waals surface area contributed by atoms with Crippen molar-refractivity contribution in [3.63, 3.8) is 0 Å². The van der Waals surface area contributed by atoms with E-state index in [0.717, 1.165) is 0 Å². The molecule has 0 fully saturated rings. The highest BCUT2D eigenvalue weighted by Gasteiger charge is 2.27. The highest BCUT2D eigenvalue weighted by Crippen LogP contribution is 2.13. The van der Waals surface area contributed by atoms with Crippen molar-refractivity contribution in [3.8, 4) is 0 Å². The van der Waals surface area contributed by atoms with Crippen LogP contribution in [0.25, 0.3) is 0 Å². The van der Waals surface area contributed by atoms with Crippen LogP contribution in [0.15, 0.2) is 0 Å². The first-order valence-electron chi connectivity index (χ1n) is 6.05. The van der Waals surface area contributed by atoms with Crippen LogP contribution in [0.3, 0.4) is 0 Å². The van der Waals surface area contributed by atoms with Gasteiger partial charge in [-0.1, -0.05) is 0 Å². The molecule has 0 aliphatic rings. The monoisotopic (exact) mass is 273 g/mol. The maximum Gasteiger partial charge on any atom is 0.408 e. The van der Waals surface area contributed by atoms with Gasteiger partial charge in [0.25, 0.3) is 0 Å². The van der Waals surface area contributed by atoms with Gasteiger partial charge >= 0.3 is 12.1 Å². The molecule has 1 N–H and O–H groups in total. The van der Waals surface area contributed by atoms with Crippen molar-refractivity contribution in [3.05, 3.63) is 0 Å². The topological polar surface area (TPSA) is 81.7 Å². The predicted octanol–water partition coefficient (Wildman–Crippen LogP) is 1.81. The van der Waals surface area contributed by atoms with E-state index in [9.17, 15) is 14.4 Å². The van der Waals surface area contributed by atoms with Crippen LogP contribution in [0, 0.1) is 0 Å². The lowest BCUT2D eigenvalue weighted by Gasteiger charge is -2.28. The molecule has 0 saturated carbocycles. The Morgan fingerprint density at radius 1 is 1.05 bits per heavy atom. The fourth-order valence-corrected chi connectivity index (χ4v) is 1.41. The number of amides is 1. The SMILES string of the molecule is COC(=O)CC(=O)CC(C)(C)NC(=O)OC(C)(C)C. The van der Waals surface area contributed by atoms with Gasteiger partial charge in [0.15, 0.2) is 0 Å². The van der Waals surface area contributed by atoms with Crippen molar-refractivity contribution < 1.29 is 23.9 Å². The van der Waals surface area contributed by atoms with Crippen molar-refractivity contribution in [2.75, 3.05) is 7.11 Å². The summed E-state index contributed by atoms with van der Waals surface area (Å²) in [4.78, 5) is 34.2. The average Bonchev–Trinajstić information content (AvgIpc) is 2.11. The van der Waals surface area contributed by atoms with Crippen molar-refractivity contribution in [1.29, 1.82) is 0 Å². The molecule has 0 aromatic heterocycles. The molecule has 6 heteroatoms. The lowest BCUT2D eigenvalue weighted by atomic mass is 9.96. The molecule has 0 heterocycles. The number of rotatable bonds is 5. The summed E-state index contributed by atoms with van der Waals surface area (Å²) >= 11 is 0. The lowest BCUT2D eigenvalue weighted by molar-refractivity contribution is -0.143. The zero-order valence-electron chi connectivity index (χ0n) is 12.5. The van der Waals surface area contributed by atoms with Crippen LogP contribution < -0.4 is 5.32 Å². The summed E-state index contributed by atoms with van der Waals surface area (Å²) in [5, 5.41) is 2.60. The number of carbonyl (C=O) groups excluding carboxylic acids is 3. The zero-order valence-corrected chi connectivity index (χ0v) is 12.5. The fourth-order valence-electron chi connectivity index (χ4n) is 1.41. The van der Waals surface area contributed by atoms with E-state index in [1.54, 1.807) is 34.6 Å². The number of ketones is 1. The Morgan fingerprint density at radius 3 is 2.00 bits per heavy atom. The summed E-state index contributed by atoms with van der Waals surface area (Å²) in [7, 11) is 1.22. The summed E-state index contributed by atoms with van der Waals surface area (Å²) in [6.45, 7) is 8.63. The van der Waals surface area contributed by atoms with E-state index in [2.05, 4.69) is 10.1 Å². The summed E-state index contributed by atoms with van der Waals surface area (Å²) < 4.78 is 9.51. The normalized spacial score (nSPS) is 11.7. The Hall–Kier alpha value is -1.59. The van der Waals surface area contributed by atoms with E-state index < -0.39 is 23.2 Å². The molecule has 0 aliphatic carbocycles. The lowest BCUT2D eigenvalue weighted by Crippen LogP contribution is -2.47. The van der Waals surface area contributed by atoms with E-state index in [4.69, 9.17) is 4.74 Å². The van der Waals surface area contributed by atoms with E-state index in [1.165, 1.54) is 7.11 Å². The minimum absolute atomic E-state index is 0.0291. The van der Waals surface area contributed by atoms with Gasteiger partial charge in [-0.25, -0.2) is 4.79 Å². The third-order valence-electron chi connectivity index (χ3n) is 2.05. The van der Waals surface area contributed by atoms with Crippen molar-refractivity contribution >= 4 is 17.8 Å². The van der Waals surface area contributed by atoms with Crippen LogP contribution in [0.2, 0.25) is 0 Å². The summed E-state index contributed by atoms with van der Waals surface area (Å²) in [6, 6.07) is 0. The third kappa shape index (κ3) is 9.04. The number of carbonyl (C=O) groups is 3. The largest absolute Gasteiger partial charge is 0.469 e. The number of nitrogens with one attached hydrogen (secondary N) is 1. The van der Waals surface area contributed by atoms with Gasteiger partial charge < -0.3 is 14.8 Å². The Kier molecular flexibility index (Phi) is 5.99. The number of alkyl carbamates (subject to hydrolysis) is 1. The number of hydrogen-bond donors (Lipinski definition) is 1. The molecule has 0 unspecified atom stereocenters. The van der Waals surface area contributed by atoms with Crippen LogP contribution in [-0.4, -0.2) is 36.1 Å². The van der Waals surface area contributed by atoms with Gasteiger partial charge in [-0.2, -0.15) is 0 Å². The van der Waals surface area contributed by atoms with Crippen molar-refractivity contribution in [2.45, 2.75) is 58.6 Å². The fraction of sp³-hybridized carbons (Fsp3) is 0.769. The first kappa shape index (κ1) is 17.4. The van der Waals surface area contributed by atoms with Gasteiger partial charge in [-0.15, -0.1) is 0 Å². The number of ether oxygens (including phenoxy) is 2. The van der Waals surface area contributed by atoms with Crippen LogP contribution in [0.5, 0.6) is 0 Å². The maximum atomic E-state index is 11.6. The minimum Gasteiger partial charge on any atom is -0.469 e. The van der Waals surface area contributed by atoms with Crippen LogP contribution in [0.4, 0.5) is 4.79 Å². The molecular formula is C13H23NO5. The smallest absolute Gasteiger partial charge is 0.408 e. The van der Waals surface area contributed by atoms with Crippen LogP contribution in [0.1, 0.15) is 47.5 Å². The van der Waals surface area contributed by atoms with Gasteiger partial charge in [0.2, 0.25) is 0 Å². The highest BCUT2D eigenvalue weighted by atomic mass is 16.6. The molecule has 0 atom stereocenters. The maximum absolute atomic E-state index is 11.6. The quantitative estimate of drug-likeness (QED) is 0.610. The highest BCUT2D eigenvalue weighted by molar-refractivity contribution is 5.96.